The predicted molar refractivity (Wildman–Crippen MR) is 83.1 cm³/mol. The van der Waals surface area contributed by atoms with Crippen molar-refractivity contribution in [3.63, 3.8) is 0 Å². The molecule has 0 saturated carbocycles. The van der Waals surface area contributed by atoms with Crippen LogP contribution in [0.15, 0.2) is 42.5 Å². The highest BCUT2D eigenvalue weighted by atomic mass is 79.9. The van der Waals surface area contributed by atoms with Gasteiger partial charge in [0.2, 0.25) is 0 Å². The van der Waals surface area contributed by atoms with Crippen LogP contribution in [-0.2, 0) is 11.9 Å². The molecule has 0 heterocycles. The molecule has 0 aromatic heterocycles. The molecule has 0 aliphatic carbocycles. The van der Waals surface area contributed by atoms with Crippen LogP contribution in [0.5, 0.6) is 11.5 Å². The van der Waals surface area contributed by atoms with E-state index in [1.54, 1.807) is 31.4 Å². The lowest BCUT2D eigenvalue weighted by molar-refractivity contribution is -0.385. The molecule has 0 fully saturated rings. The number of halogens is 1. The lowest BCUT2D eigenvalue weighted by Gasteiger charge is -2.12. The van der Waals surface area contributed by atoms with Crippen LogP contribution in [0.1, 0.15) is 11.1 Å². The van der Waals surface area contributed by atoms with E-state index in [0.29, 0.717) is 22.4 Å². The van der Waals surface area contributed by atoms with Crippen LogP contribution in [0.4, 0.5) is 5.69 Å². The van der Waals surface area contributed by atoms with Gasteiger partial charge in [0, 0.05) is 23.0 Å². The Morgan fingerprint density at radius 3 is 2.62 bits per heavy atom. The summed E-state index contributed by atoms with van der Waals surface area (Å²) in [5.41, 5.74) is 1.54. The monoisotopic (exact) mass is 351 g/mol. The van der Waals surface area contributed by atoms with Gasteiger partial charge in [-0.3, -0.25) is 10.1 Å². The Morgan fingerprint density at radius 2 is 1.95 bits per heavy atom. The highest BCUT2D eigenvalue weighted by molar-refractivity contribution is 9.08. The minimum absolute atomic E-state index is 0.0563. The summed E-state index contributed by atoms with van der Waals surface area (Å²) in [6.45, 7) is 0.129. The van der Waals surface area contributed by atoms with E-state index >= 15 is 0 Å². The number of hydrogen-bond acceptors (Lipinski definition) is 4. The van der Waals surface area contributed by atoms with Gasteiger partial charge >= 0.3 is 0 Å². The molecule has 0 N–H and O–H groups in total. The van der Waals surface area contributed by atoms with E-state index in [9.17, 15) is 10.1 Å². The molecule has 0 spiro atoms. The SMILES string of the molecule is COc1ccc(CBr)c(OCc2ccccc2[N+](=O)[O-])c1. The van der Waals surface area contributed by atoms with Crippen LogP contribution < -0.4 is 9.47 Å². The highest BCUT2D eigenvalue weighted by Crippen LogP contribution is 2.28. The molecular formula is C15H14BrNO4. The van der Waals surface area contributed by atoms with Gasteiger partial charge < -0.3 is 9.47 Å². The number of ether oxygens (including phenoxy) is 2. The molecule has 0 unspecified atom stereocenters. The molecule has 2 aromatic carbocycles. The molecule has 0 atom stereocenters. The molecular weight excluding hydrogens is 338 g/mol. The molecule has 0 aliphatic rings. The first-order valence-electron chi connectivity index (χ1n) is 6.23. The van der Waals surface area contributed by atoms with Crippen molar-refractivity contribution < 1.29 is 14.4 Å². The third kappa shape index (κ3) is 3.72. The highest BCUT2D eigenvalue weighted by Gasteiger charge is 2.13. The molecule has 110 valence electrons. The van der Waals surface area contributed by atoms with Crippen LogP contribution in [-0.4, -0.2) is 12.0 Å². The number of nitro groups is 1. The van der Waals surface area contributed by atoms with Crippen molar-refractivity contribution in [1.29, 1.82) is 0 Å². The number of benzene rings is 2. The first kappa shape index (κ1) is 15.3. The molecule has 2 aromatic rings. The van der Waals surface area contributed by atoms with Crippen LogP contribution in [0, 0.1) is 10.1 Å². The van der Waals surface area contributed by atoms with E-state index in [4.69, 9.17) is 9.47 Å². The number of para-hydroxylation sites is 1. The van der Waals surface area contributed by atoms with Crippen molar-refractivity contribution in [2.45, 2.75) is 11.9 Å². The van der Waals surface area contributed by atoms with Crippen molar-refractivity contribution in [2.24, 2.45) is 0 Å². The maximum Gasteiger partial charge on any atom is 0.276 e. The fourth-order valence-corrected chi connectivity index (χ4v) is 2.34. The van der Waals surface area contributed by atoms with Gasteiger partial charge in [-0.15, -0.1) is 0 Å². The van der Waals surface area contributed by atoms with Crippen molar-refractivity contribution >= 4 is 21.6 Å². The Hall–Kier alpha value is -2.08. The summed E-state index contributed by atoms with van der Waals surface area (Å²) in [4.78, 5) is 10.6. The van der Waals surface area contributed by atoms with Gasteiger partial charge in [0.15, 0.2) is 0 Å². The molecule has 0 amide bonds. The van der Waals surface area contributed by atoms with Crippen LogP contribution in [0.25, 0.3) is 0 Å². The van der Waals surface area contributed by atoms with Crippen molar-refractivity contribution in [3.05, 3.63) is 63.7 Å². The van der Waals surface area contributed by atoms with Gasteiger partial charge in [-0.1, -0.05) is 34.1 Å². The summed E-state index contributed by atoms with van der Waals surface area (Å²) >= 11 is 3.39. The number of nitro benzene ring substituents is 1. The molecule has 0 saturated heterocycles. The van der Waals surface area contributed by atoms with E-state index in [2.05, 4.69) is 15.9 Å². The molecule has 0 radical (unpaired) electrons. The van der Waals surface area contributed by atoms with E-state index < -0.39 is 4.92 Å². The second kappa shape index (κ2) is 7.08. The lowest BCUT2D eigenvalue weighted by Crippen LogP contribution is -2.02. The second-order valence-corrected chi connectivity index (χ2v) is 4.84. The van der Waals surface area contributed by atoms with Gasteiger partial charge in [-0.05, 0) is 12.1 Å². The summed E-state index contributed by atoms with van der Waals surface area (Å²) in [6.07, 6.45) is 0. The molecule has 2 rings (SSSR count). The molecule has 0 bridgehead atoms. The Labute approximate surface area is 130 Å². The summed E-state index contributed by atoms with van der Waals surface area (Å²) in [5.74, 6) is 1.32. The molecule has 21 heavy (non-hydrogen) atoms. The molecule has 6 heteroatoms. The fourth-order valence-electron chi connectivity index (χ4n) is 1.87. The standard InChI is InChI=1S/C15H14BrNO4/c1-20-13-7-6-11(9-16)15(8-13)21-10-12-4-2-3-5-14(12)17(18)19/h2-8H,9-10H2,1H3. The van der Waals surface area contributed by atoms with Crippen LogP contribution in [0.2, 0.25) is 0 Å². The maximum absolute atomic E-state index is 11.0. The molecule has 0 aliphatic heterocycles. The lowest BCUT2D eigenvalue weighted by atomic mass is 10.2. The quantitative estimate of drug-likeness (QED) is 0.447. The van der Waals surface area contributed by atoms with Crippen LogP contribution in [0.3, 0.4) is 0 Å². The summed E-state index contributed by atoms with van der Waals surface area (Å²) < 4.78 is 10.9. The second-order valence-electron chi connectivity index (χ2n) is 4.28. The first-order valence-corrected chi connectivity index (χ1v) is 7.36. The number of methoxy groups -OCH3 is 1. The minimum atomic E-state index is -0.407. The van der Waals surface area contributed by atoms with Crippen molar-refractivity contribution in [3.8, 4) is 11.5 Å². The zero-order chi connectivity index (χ0) is 15.2. The summed E-state index contributed by atoms with van der Waals surface area (Å²) in [7, 11) is 1.58. The zero-order valence-electron chi connectivity index (χ0n) is 11.4. The van der Waals surface area contributed by atoms with Gasteiger partial charge in [0.1, 0.15) is 18.1 Å². The van der Waals surface area contributed by atoms with Gasteiger partial charge in [0.05, 0.1) is 17.6 Å². The number of alkyl halides is 1. The zero-order valence-corrected chi connectivity index (χ0v) is 13.0. The Kier molecular flexibility index (Phi) is 5.16. The smallest absolute Gasteiger partial charge is 0.276 e. The van der Waals surface area contributed by atoms with Crippen LogP contribution >= 0.6 is 15.9 Å². The van der Waals surface area contributed by atoms with Crippen molar-refractivity contribution in [1.82, 2.24) is 0 Å². The van der Waals surface area contributed by atoms with Crippen molar-refractivity contribution in [2.75, 3.05) is 7.11 Å². The van der Waals surface area contributed by atoms with Gasteiger partial charge in [0.25, 0.3) is 5.69 Å². The maximum atomic E-state index is 11.0. The van der Waals surface area contributed by atoms with E-state index in [1.807, 2.05) is 12.1 Å². The summed E-state index contributed by atoms with van der Waals surface area (Å²) in [6, 6.07) is 12.0. The number of hydrogen-bond donors (Lipinski definition) is 0. The average Bonchev–Trinajstić information content (AvgIpc) is 2.52. The van der Waals surface area contributed by atoms with Gasteiger partial charge in [-0.2, -0.15) is 0 Å². The normalized spacial score (nSPS) is 10.2. The fraction of sp³-hybridized carbons (Fsp3) is 0.200. The Balaban J connectivity index is 2.22. The van der Waals surface area contributed by atoms with E-state index in [0.717, 1.165) is 5.56 Å². The van der Waals surface area contributed by atoms with E-state index in [-0.39, 0.29) is 12.3 Å². The minimum Gasteiger partial charge on any atom is -0.497 e. The number of nitrogens with zero attached hydrogens (tertiary/aromatic N) is 1. The third-order valence-corrected chi connectivity index (χ3v) is 3.59. The predicted octanol–water partition coefficient (Wildman–Crippen LogP) is 4.08. The third-order valence-electron chi connectivity index (χ3n) is 2.99. The summed E-state index contributed by atoms with van der Waals surface area (Å²) in [5, 5.41) is 11.6. The Bertz CT molecular complexity index is 645. The van der Waals surface area contributed by atoms with E-state index in [1.165, 1.54) is 6.07 Å². The topological polar surface area (TPSA) is 61.6 Å². The first-order chi connectivity index (χ1) is 10.2. The molecule has 5 nitrogen and oxygen atoms in total. The number of rotatable bonds is 6. The van der Waals surface area contributed by atoms with Gasteiger partial charge in [-0.25, -0.2) is 0 Å². The largest absolute Gasteiger partial charge is 0.497 e. The average molecular weight is 352 g/mol. The Morgan fingerprint density at radius 1 is 1.19 bits per heavy atom.